The summed E-state index contributed by atoms with van der Waals surface area (Å²) in [4.78, 5) is 3.33. The molecule has 1 heterocycles. The molecule has 4 heteroatoms. The average molecular weight is 304 g/mol. The van der Waals surface area contributed by atoms with E-state index in [0.717, 1.165) is 16.8 Å². The van der Waals surface area contributed by atoms with Crippen molar-refractivity contribution in [2.45, 2.75) is 13.8 Å². The van der Waals surface area contributed by atoms with Gasteiger partial charge in [-0.15, -0.1) is 12.4 Å². The first-order valence-electron chi connectivity index (χ1n) is 6.53. The molecule has 0 unspecified atom stereocenters. The fourth-order valence-corrected chi connectivity index (χ4v) is 2.48. The second-order valence-corrected chi connectivity index (χ2v) is 5.15. The minimum absolute atomic E-state index is 0. The van der Waals surface area contributed by atoms with Crippen molar-refractivity contribution in [3.63, 3.8) is 0 Å². The van der Waals surface area contributed by atoms with Gasteiger partial charge in [0.15, 0.2) is 0 Å². The average Bonchev–Trinajstić information content (AvgIpc) is 2.42. The van der Waals surface area contributed by atoms with Crippen LogP contribution in [0.5, 0.6) is 0 Å². The van der Waals surface area contributed by atoms with Crippen LogP contribution >= 0.6 is 12.4 Å². The van der Waals surface area contributed by atoms with Gasteiger partial charge in [-0.1, -0.05) is 11.6 Å². The molecule has 0 saturated carbocycles. The van der Waals surface area contributed by atoms with Gasteiger partial charge in [0.1, 0.15) is 5.82 Å². The zero-order chi connectivity index (χ0) is 14.3. The van der Waals surface area contributed by atoms with Crippen LogP contribution in [0.2, 0.25) is 0 Å². The highest BCUT2D eigenvalue weighted by Gasteiger charge is 2.14. The Morgan fingerprint density at radius 2 is 1.76 bits per heavy atom. The normalized spacial score (nSPS) is 10.4. The maximum Gasteiger partial charge on any atom is 0.213 e. The smallest absolute Gasteiger partial charge is 0.213 e. The highest BCUT2D eigenvalue weighted by molar-refractivity contribution is 5.85. The molecule has 0 amide bonds. The maximum atomic E-state index is 13.4. The summed E-state index contributed by atoms with van der Waals surface area (Å²) in [6, 6.07) is 12.7. The first-order chi connectivity index (χ1) is 9.54. The predicted octanol–water partition coefficient (Wildman–Crippen LogP) is 4.08. The number of nitrogens with two attached hydrogens (primary N) is 1. The Bertz CT molecular complexity index is 815. The lowest BCUT2D eigenvalue weighted by Gasteiger charge is -2.05. The number of aryl methyl sites for hydroxylation is 2. The van der Waals surface area contributed by atoms with Crippen molar-refractivity contribution in [1.29, 1.82) is 0 Å². The number of aromatic nitrogens is 1. The lowest BCUT2D eigenvalue weighted by Crippen LogP contribution is -2.10. The van der Waals surface area contributed by atoms with Crippen LogP contribution in [-0.4, -0.2) is 0 Å². The van der Waals surface area contributed by atoms with Crippen LogP contribution in [0.1, 0.15) is 11.1 Å². The van der Waals surface area contributed by atoms with Gasteiger partial charge in [-0.05, 0) is 43.7 Å². The number of aromatic amines is 1. The van der Waals surface area contributed by atoms with Crippen LogP contribution in [0.3, 0.4) is 0 Å². The number of halogens is 2. The van der Waals surface area contributed by atoms with E-state index in [1.165, 1.54) is 23.1 Å². The zero-order valence-corrected chi connectivity index (χ0v) is 12.7. The van der Waals surface area contributed by atoms with Gasteiger partial charge in [0.25, 0.3) is 0 Å². The predicted molar refractivity (Wildman–Crippen MR) is 87.0 cm³/mol. The molecule has 3 rings (SSSR count). The third-order valence-electron chi connectivity index (χ3n) is 3.54. The van der Waals surface area contributed by atoms with E-state index in [1.807, 2.05) is 12.1 Å². The summed E-state index contributed by atoms with van der Waals surface area (Å²) in [5, 5.41) is 1.17. The van der Waals surface area contributed by atoms with Gasteiger partial charge in [-0.25, -0.2) is 9.37 Å². The Kier molecular flexibility index (Phi) is 4.14. The van der Waals surface area contributed by atoms with E-state index < -0.39 is 0 Å². The van der Waals surface area contributed by atoms with Crippen molar-refractivity contribution in [2.24, 2.45) is 0 Å². The van der Waals surface area contributed by atoms with E-state index >= 15 is 0 Å². The topological polar surface area (TPSA) is 40.2 Å². The summed E-state index contributed by atoms with van der Waals surface area (Å²) < 4.78 is 13.4. The van der Waals surface area contributed by atoms with E-state index in [4.69, 9.17) is 5.73 Å². The molecular formula is C17H17ClFN2+. The van der Waals surface area contributed by atoms with Crippen LogP contribution in [0, 0.1) is 19.7 Å². The van der Waals surface area contributed by atoms with E-state index in [-0.39, 0.29) is 18.2 Å². The molecule has 3 aromatic rings. The number of H-pyrrole nitrogens is 1. The number of rotatable bonds is 1. The highest BCUT2D eigenvalue weighted by atomic mass is 35.5. The van der Waals surface area contributed by atoms with Gasteiger partial charge in [0.05, 0.1) is 5.56 Å². The molecule has 2 aromatic carbocycles. The Labute approximate surface area is 129 Å². The largest absolute Gasteiger partial charge is 0.398 e. The van der Waals surface area contributed by atoms with Crippen LogP contribution in [0.4, 0.5) is 10.1 Å². The number of hydrogen-bond acceptors (Lipinski definition) is 1. The summed E-state index contributed by atoms with van der Waals surface area (Å²) in [7, 11) is 0. The van der Waals surface area contributed by atoms with Gasteiger partial charge in [-0.2, -0.15) is 0 Å². The molecule has 21 heavy (non-hydrogen) atoms. The summed E-state index contributed by atoms with van der Waals surface area (Å²) in [6.07, 6.45) is 0. The minimum atomic E-state index is -0.288. The maximum absolute atomic E-state index is 13.4. The van der Waals surface area contributed by atoms with Gasteiger partial charge in [-0.3, -0.25) is 0 Å². The highest BCUT2D eigenvalue weighted by Crippen LogP contribution is 2.26. The Balaban J connectivity index is 0.00000161. The molecule has 0 aliphatic carbocycles. The van der Waals surface area contributed by atoms with Crippen LogP contribution in [0.25, 0.3) is 22.2 Å². The molecule has 0 spiro atoms. The Hall–Kier alpha value is -2.13. The van der Waals surface area contributed by atoms with Crippen LogP contribution in [0.15, 0.2) is 42.5 Å². The second kappa shape index (κ2) is 5.70. The van der Waals surface area contributed by atoms with Crippen molar-refractivity contribution in [3.05, 3.63) is 59.4 Å². The van der Waals surface area contributed by atoms with E-state index in [9.17, 15) is 4.39 Å². The third-order valence-corrected chi connectivity index (χ3v) is 3.54. The minimum Gasteiger partial charge on any atom is -0.398 e. The van der Waals surface area contributed by atoms with Crippen molar-refractivity contribution in [1.82, 2.24) is 0 Å². The number of benzene rings is 2. The molecule has 0 atom stereocenters. The summed E-state index contributed by atoms with van der Waals surface area (Å²) >= 11 is 0. The molecule has 2 nitrogen and oxygen atoms in total. The molecule has 0 aliphatic heterocycles. The van der Waals surface area contributed by atoms with Crippen LogP contribution < -0.4 is 10.7 Å². The SMILES string of the molecule is Cc1ccc2[nH+]c(-c3cc(F)ccc3N)cc(C)c2c1.Cl. The standard InChI is InChI=1S/C17H15FN2.ClH/c1-10-3-6-16-13(7-10)11(2)8-17(20-16)14-9-12(18)4-5-15(14)19;/h3-9H,19H2,1-2H3;1H/p+1. The van der Waals surface area contributed by atoms with Gasteiger partial charge >= 0.3 is 0 Å². The first kappa shape index (κ1) is 15.3. The summed E-state index contributed by atoms with van der Waals surface area (Å²) in [5.74, 6) is -0.288. The zero-order valence-electron chi connectivity index (χ0n) is 11.9. The van der Waals surface area contributed by atoms with Gasteiger partial charge in [0.2, 0.25) is 11.2 Å². The summed E-state index contributed by atoms with van der Waals surface area (Å²) in [5.41, 5.74) is 11.4. The number of hydrogen-bond donors (Lipinski definition) is 1. The molecule has 0 aliphatic rings. The van der Waals surface area contributed by atoms with Gasteiger partial charge in [0, 0.05) is 23.2 Å². The van der Waals surface area contributed by atoms with Crippen molar-refractivity contribution in [2.75, 3.05) is 5.73 Å². The number of nitrogen functional groups attached to an aromatic ring is 1. The molecule has 0 radical (unpaired) electrons. The molecule has 3 N–H and O–H groups in total. The molecular weight excluding hydrogens is 287 g/mol. The number of nitrogens with one attached hydrogen (secondary N) is 1. The van der Waals surface area contributed by atoms with E-state index in [0.29, 0.717) is 11.3 Å². The number of pyridine rings is 1. The summed E-state index contributed by atoms with van der Waals surface area (Å²) in [6.45, 7) is 4.12. The van der Waals surface area contributed by atoms with Crippen LogP contribution in [-0.2, 0) is 0 Å². The fourth-order valence-electron chi connectivity index (χ4n) is 2.48. The van der Waals surface area contributed by atoms with Crippen molar-refractivity contribution in [3.8, 4) is 11.3 Å². The second-order valence-electron chi connectivity index (χ2n) is 5.15. The molecule has 0 bridgehead atoms. The van der Waals surface area contributed by atoms with E-state index in [2.05, 4.69) is 31.0 Å². The quantitative estimate of drug-likeness (QED) is 0.676. The fraction of sp³-hybridized carbons (Fsp3) is 0.118. The number of fused-ring (bicyclic) bond motifs is 1. The number of anilines is 1. The first-order valence-corrected chi connectivity index (χ1v) is 6.53. The van der Waals surface area contributed by atoms with Crippen molar-refractivity contribution < 1.29 is 9.37 Å². The van der Waals surface area contributed by atoms with E-state index in [1.54, 1.807) is 6.07 Å². The third kappa shape index (κ3) is 2.83. The lowest BCUT2D eigenvalue weighted by molar-refractivity contribution is -0.331. The monoisotopic (exact) mass is 303 g/mol. The Morgan fingerprint density at radius 3 is 2.52 bits per heavy atom. The molecule has 0 fully saturated rings. The molecule has 1 aromatic heterocycles. The molecule has 0 saturated heterocycles. The molecule has 108 valence electrons. The lowest BCUT2D eigenvalue weighted by atomic mass is 10.0. The van der Waals surface area contributed by atoms with Gasteiger partial charge < -0.3 is 5.73 Å². The Morgan fingerprint density at radius 1 is 1.00 bits per heavy atom. The van der Waals surface area contributed by atoms with Crippen molar-refractivity contribution >= 4 is 29.0 Å².